The molecule has 9 heteroatoms. The van der Waals surface area contributed by atoms with Gasteiger partial charge in [-0.2, -0.15) is 5.26 Å². The Morgan fingerprint density at radius 1 is 1.21 bits per heavy atom. The Morgan fingerprint density at radius 3 is 2.54 bits per heavy atom. The highest BCUT2D eigenvalue weighted by molar-refractivity contribution is 6.08. The molecule has 0 aromatic carbocycles. The number of carbonyl (C=O) groups is 2. The molecule has 0 atom stereocenters. The lowest BCUT2D eigenvalue weighted by molar-refractivity contribution is 0.0522. The van der Waals surface area contributed by atoms with Crippen molar-refractivity contribution in [3.8, 4) is 6.07 Å². The molecule has 9 nitrogen and oxygen atoms in total. The number of rotatable bonds is 5. The van der Waals surface area contributed by atoms with Crippen LogP contribution in [0.3, 0.4) is 0 Å². The maximum absolute atomic E-state index is 13.0. The minimum absolute atomic E-state index is 0.0891. The third-order valence-electron chi connectivity index (χ3n) is 4.88. The summed E-state index contributed by atoms with van der Waals surface area (Å²) in [7, 11) is 0. The van der Waals surface area contributed by atoms with E-state index in [0.717, 1.165) is 4.57 Å². The highest BCUT2D eigenvalue weighted by atomic mass is 16.5. The van der Waals surface area contributed by atoms with Crippen molar-refractivity contribution in [2.45, 2.75) is 46.7 Å². The van der Waals surface area contributed by atoms with Crippen molar-refractivity contribution in [1.82, 2.24) is 14.1 Å². The van der Waals surface area contributed by atoms with E-state index in [0.29, 0.717) is 36.5 Å². The van der Waals surface area contributed by atoms with Crippen molar-refractivity contribution in [1.29, 1.82) is 5.26 Å². The fourth-order valence-electron chi connectivity index (χ4n) is 3.70. The lowest BCUT2D eigenvalue weighted by Crippen LogP contribution is -2.43. The van der Waals surface area contributed by atoms with Gasteiger partial charge in [-0.25, -0.2) is 9.59 Å². The lowest BCUT2D eigenvalue weighted by atomic mass is 10.0. The fraction of sp³-hybridized carbons (Fsp3) is 0.421. The topological polar surface area (TPSA) is 127 Å². The van der Waals surface area contributed by atoms with Crippen molar-refractivity contribution in [2.24, 2.45) is 0 Å². The number of nitriles is 1. The van der Waals surface area contributed by atoms with Gasteiger partial charge in [-0.3, -0.25) is 18.7 Å². The number of ether oxygens (including phenoxy) is 1. The third kappa shape index (κ3) is 2.97. The summed E-state index contributed by atoms with van der Waals surface area (Å²) in [5.74, 6) is -1.23. The highest BCUT2D eigenvalue weighted by Crippen LogP contribution is 2.21. The number of fused-ring (bicyclic) bond motifs is 1. The van der Waals surface area contributed by atoms with E-state index >= 15 is 0 Å². The number of hydrogen-bond acceptors (Lipinski definition) is 6. The number of Topliss-reactive ketones (excluding diaryl/α,β-unsaturated/α-hetero) is 1. The first-order valence-electron chi connectivity index (χ1n) is 8.97. The zero-order chi connectivity index (χ0) is 20.6. The Morgan fingerprint density at radius 2 is 1.89 bits per heavy atom. The molecule has 0 saturated carbocycles. The molecule has 1 N–H and O–H groups in total. The highest BCUT2D eigenvalue weighted by Gasteiger charge is 2.28. The molecule has 0 radical (unpaired) electrons. The van der Waals surface area contributed by atoms with Crippen LogP contribution in [0.1, 0.15) is 56.7 Å². The van der Waals surface area contributed by atoms with Crippen molar-refractivity contribution in [2.75, 3.05) is 6.61 Å². The van der Waals surface area contributed by atoms with E-state index in [9.17, 15) is 24.4 Å². The summed E-state index contributed by atoms with van der Waals surface area (Å²) in [6.07, 6.45) is 1.13. The number of aryl methyl sites for hydroxylation is 2. The first kappa shape index (κ1) is 19.4. The van der Waals surface area contributed by atoms with Gasteiger partial charge >= 0.3 is 11.7 Å². The number of nitrogens with one attached hydrogen (secondary N) is 1. The number of aromatic nitrogens is 3. The standard InChI is InChI=1S/C19H20N4O5/c1-4-28-18(26)16-11(3)21-10(2)15(16)14(24)9-23-17(25)12(8-20)13-6-5-7-22(13)19(23)27/h21H,4-7,9H2,1-3H3. The van der Waals surface area contributed by atoms with E-state index in [1.54, 1.807) is 20.8 Å². The second kappa shape index (κ2) is 7.31. The molecule has 2 aromatic rings. The van der Waals surface area contributed by atoms with Crippen molar-refractivity contribution < 1.29 is 14.3 Å². The van der Waals surface area contributed by atoms with Gasteiger partial charge in [-0.15, -0.1) is 0 Å². The van der Waals surface area contributed by atoms with E-state index in [4.69, 9.17) is 4.74 Å². The summed E-state index contributed by atoms with van der Waals surface area (Å²) in [5.41, 5.74) is 0.00411. The SMILES string of the molecule is CCOC(=O)c1c(C)[nH]c(C)c1C(=O)Cn1c(=O)c(C#N)c2n(c1=O)CCC2. The molecular weight excluding hydrogens is 364 g/mol. The summed E-state index contributed by atoms with van der Waals surface area (Å²) in [4.78, 5) is 53.5. The van der Waals surface area contributed by atoms with Crippen LogP contribution in [0.5, 0.6) is 0 Å². The molecule has 0 spiro atoms. The number of hydrogen-bond donors (Lipinski definition) is 1. The molecule has 0 amide bonds. The van der Waals surface area contributed by atoms with Gasteiger partial charge in [0.1, 0.15) is 11.6 Å². The maximum Gasteiger partial charge on any atom is 0.340 e. The Bertz CT molecular complexity index is 1140. The second-order valence-corrected chi connectivity index (χ2v) is 6.63. The molecule has 1 aliphatic rings. The van der Waals surface area contributed by atoms with Crippen LogP contribution in [0.4, 0.5) is 0 Å². The van der Waals surface area contributed by atoms with E-state index in [1.165, 1.54) is 4.57 Å². The summed E-state index contributed by atoms with van der Waals surface area (Å²) in [6, 6.07) is 1.85. The summed E-state index contributed by atoms with van der Waals surface area (Å²) < 4.78 is 7.16. The summed E-state index contributed by atoms with van der Waals surface area (Å²) in [5, 5.41) is 9.34. The number of H-pyrrole nitrogens is 1. The van der Waals surface area contributed by atoms with Crippen molar-refractivity contribution in [3.05, 3.63) is 54.6 Å². The molecule has 146 valence electrons. The van der Waals surface area contributed by atoms with E-state index in [2.05, 4.69) is 4.98 Å². The molecular formula is C19H20N4O5. The van der Waals surface area contributed by atoms with Crippen LogP contribution < -0.4 is 11.2 Å². The Balaban J connectivity index is 2.10. The molecule has 0 bridgehead atoms. The van der Waals surface area contributed by atoms with Crippen LogP contribution >= 0.6 is 0 Å². The average Bonchev–Trinajstić information content (AvgIpc) is 3.23. The third-order valence-corrected chi connectivity index (χ3v) is 4.88. The predicted molar refractivity (Wildman–Crippen MR) is 98.6 cm³/mol. The van der Waals surface area contributed by atoms with Crippen LogP contribution in [0.15, 0.2) is 9.59 Å². The molecule has 2 aromatic heterocycles. The van der Waals surface area contributed by atoms with Crippen LogP contribution in [-0.4, -0.2) is 32.5 Å². The number of esters is 1. The molecule has 0 aliphatic carbocycles. The van der Waals surface area contributed by atoms with Crippen LogP contribution in [0.2, 0.25) is 0 Å². The van der Waals surface area contributed by atoms with Gasteiger partial charge in [0, 0.05) is 23.6 Å². The number of nitrogens with zero attached hydrogens (tertiary/aromatic N) is 3. The maximum atomic E-state index is 13.0. The molecule has 0 fully saturated rings. The van der Waals surface area contributed by atoms with Crippen LogP contribution in [0.25, 0.3) is 0 Å². The molecule has 3 heterocycles. The zero-order valence-corrected chi connectivity index (χ0v) is 15.9. The van der Waals surface area contributed by atoms with Crippen molar-refractivity contribution >= 4 is 11.8 Å². The monoisotopic (exact) mass is 384 g/mol. The molecule has 3 rings (SSSR count). The molecule has 1 aliphatic heterocycles. The van der Waals surface area contributed by atoms with Crippen LogP contribution in [-0.2, 0) is 24.2 Å². The molecule has 0 unspecified atom stereocenters. The van der Waals surface area contributed by atoms with E-state index in [-0.39, 0.29) is 23.3 Å². The zero-order valence-electron chi connectivity index (χ0n) is 15.9. The van der Waals surface area contributed by atoms with Crippen molar-refractivity contribution in [3.63, 3.8) is 0 Å². The number of ketones is 1. The number of carbonyl (C=O) groups excluding carboxylic acids is 2. The minimum Gasteiger partial charge on any atom is -0.462 e. The fourth-order valence-corrected chi connectivity index (χ4v) is 3.70. The predicted octanol–water partition coefficient (Wildman–Crippen LogP) is 0.832. The lowest BCUT2D eigenvalue weighted by Gasteiger charge is -2.11. The quantitative estimate of drug-likeness (QED) is 0.601. The summed E-state index contributed by atoms with van der Waals surface area (Å²) >= 11 is 0. The largest absolute Gasteiger partial charge is 0.462 e. The first-order chi connectivity index (χ1) is 13.3. The van der Waals surface area contributed by atoms with Gasteiger partial charge in [0.25, 0.3) is 5.56 Å². The van der Waals surface area contributed by atoms with Gasteiger partial charge in [-0.1, -0.05) is 0 Å². The minimum atomic E-state index is -0.781. The van der Waals surface area contributed by atoms with Gasteiger partial charge < -0.3 is 9.72 Å². The van der Waals surface area contributed by atoms with Gasteiger partial charge in [0.05, 0.1) is 24.3 Å². The molecule has 28 heavy (non-hydrogen) atoms. The van der Waals surface area contributed by atoms with E-state index in [1.807, 2.05) is 6.07 Å². The van der Waals surface area contributed by atoms with Crippen LogP contribution in [0, 0.1) is 25.2 Å². The Labute approximate surface area is 160 Å². The summed E-state index contributed by atoms with van der Waals surface area (Å²) in [6.45, 7) is 4.91. The van der Waals surface area contributed by atoms with Gasteiger partial charge in [-0.05, 0) is 33.6 Å². The smallest absolute Gasteiger partial charge is 0.340 e. The second-order valence-electron chi connectivity index (χ2n) is 6.63. The van der Waals surface area contributed by atoms with Gasteiger partial charge in [0.2, 0.25) is 0 Å². The average molecular weight is 384 g/mol. The normalized spacial score (nSPS) is 12.5. The van der Waals surface area contributed by atoms with Gasteiger partial charge in [0.15, 0.2) is 5.78 Å². The molecule has 0 saturated heterocycles. The number of aromatic amines is 1. The Kier molecular flexibility index (Phi) is 5.05. The first-order valence-corrected chi connectivity index (χ1v) is 8.97. The Hall–Kier alpha value is -3.41. The van der Waals surface area contributed by atoms with E-state index < -0.39 is 29.5 Å².